The highest BCUT2D eigenvalue weighted by molar-refractivity contribution is 5.93. The number of nitrogens with one attached hydrogen (secondary N) is 1. The number of benzene rings is 2. The maximum atomic E-state index is 12.4. The number of aromatic nitrogens is 2. The van der Waals surface area contributed by atoms with E-state index in [-0.39, 0.29) is 11.8 Å². The fraction of sp³-hybridized carbons (Fsp3) is 0.321. The largest absolute Gasteiger partial charge is 0.352 e. The van der Waals surface area contributed by atoms with Crippen LogP contribution in [0.15, 0.2) is 60.8 Å². The summed E-state index contributed by atoms with van der Waals surface area (Å²) >= 11 is 0. The van der Waals surface area contributed by atoms with E-state index >= 15 is 0 Å². The number of rotatable bonds is 8. The van der Waals surface area contributed by atoms with Crippen molar-refractivity contribution >= 4 is 17.9 Å². The highest BCUT2D eigenvalue weighted by Gasteiger charge is 2.17. The van der Waals surface area contributed by atoms with Gasteiger partial charge in [-0.1, -0.05) is 42.5 Å². The molecule has 3 aromatic rings. The Morgan fingerprint density at radius 3 is 2.53 bits per heavy atom. The van der Waals surface area contributed by atoms with Crippen LogP contribution < -0.4 is 5.32 Å². The van der Waals surface area contributed by atoms with Gasteiger partial charge in [0.1, 0.15) is 0 Å². The van der Waals surface area contributed by atoms with Gasteiger partial charge in [0.05, 0.1) is 12.2 Å². The molecule has 1 aromatic heterocycles. The van der Waals surface area contributed by atoms with Gasteiger partial charge in [-0.25, -0.2) is 0 Å². The van der Waals surface area contributed by atoms with Crippen LogP contribution in [-0.2, 0) is 16.1 Å². The lowest BCUT2D eigenvalue weighted by atomic mass is 10.0. The minimum Gasteiger partial charge on any atom is -0.352 e. The molecule has 2 amide bonds. The number of likely N-dealkylation sites (tertiary alicyclic amines) is 1. The summed E-state index contributed by atoms with van der Waals surface area (Å²) in [6.45, 7) is 6.84. The van der Waals surface area contributed by atoms with Crippen LogP contribution in [0.1, 0.15) is 41.5 Å². The Balaban J connectivity index is 1.47. The summed E-state index contributed by atoms with van der Waals surface area (Å²) in [6.07, 6.45) is 7.77. The van der Waals surface area contributed by atoms with Crippen molar-refractivity contribution in [2.45, 2.75) is 39.7 Å². The maximum Gasteiger partial charge on any atom is 0.244 e. The average Bonchev–Trinajstić information content (AvgIpc) is 3.51. The van der Waals surface area contributed by atoms with Crippen LogP contribution in [0.5, 0.6) is 0 Å². The zero-order valence-corrected chi connectivity index (χ0v) is 20.0. The Bertz CT molecular complexity index is 1170. The molecule has 6 heteroatoms. The van der Waals surface area contributed by atoms with Crippen LogP contribution in [-0.4, -0.2) is 46.1 Å². The molecule has 34 heavy (non-hydrogen) atoms. The van der Waals surface area contributed by atoms with Gasteiger partial charge in [-0.3, -0.25) is 14.3 Å². The second-order valence-electron chi connectivity index (χ2n) is 8.88. The van der Waals surface area contributed by atoms with E-state index < -0.39 is 0 Å². The van der Waals surface area contributed by atoms with Gasteiger partial charge in [-0.15, -0.1) is 0 Å². The van der Waals surface area contributed by atoms with Crippen molar-refractivity contribution in [2.24, 2.45) is 0 Å². The molecule has 2 heterocycles. The van der Waals surface area contributed by atoms with Crippen LogP contribution in [0.3, 0.4) is 0 Å². The summed E-state index contributed by atoms with van der Waals surface area (Å²) in [5.74, 6) is -0.0999. The van der Waals surface area contributed by atoms with Gasteiger partial charge in [0.15, 0.2) is 0 Å². The number of aryl methyl sites for hydroxylation is 2. The van der Waals surface area contributed by atoms with E-state index in [2.05, 4.69) is 49.5 Å². The van der Waals surface area contributed by atoms with E-state index in [9.17, 15) is 9.59 Å². The molecule has 0 aliphatic carbocycles. The molecule has 0 unspecified atom stereocenters. The normalized spacial score (nSPS) is 13.5. The molecule has 0 radical (unpaired) electrons. The summed E-state index contributed by atoms with van der Waals surface area (Å²) in [5, 5.41) is 7.67. The molecule has 1 aliphatic heterocycles. The third-order valence-corrected chi connectivity index (χ3v) is 6.27. The van der Waals surface area contributed by atoms with Crippen LogP contribution >= 0.6 is 0 Å². The van der Waals surface area contributed by atoms with Gasteiger partial charge in [0, 0.05) is 49.5 Å². The van der Waals surface area contributed by atoms with Crippen molar-refractivity contribution in [2.75, 3.05) is 19.6 Å². The van der Waals surface area contributed by atoms with Crippen molar-refractivity contribution in [1.29, 1.82) is 0 Å². The second kappa shape index (κ2) is 11.0. The van der Waals surface area contributed by atoms with E-state index in [0.717, 1.165) is 48.3 Å². The highest BCUT2D eigenvalue weighted by atomic mass is 16.2. The maximum absolute atomic E-state index is 12.4. The zero-order chi connectivity index (χ0) is 23.9. The minimum atomic E-state index is -0.212. The first-order valence-corrected chi connectivity index (χ1v) is 11.9. The Kier molecular flexibility index (Phi) is 7.58. The lowest BCUT2D eigenvalue weighted by Crippen LogP contribution is -2.32. The molecule has 1 N–H and O–H groups in total. The zero-order valence-electron chi connectivity index (χ0n) is 20.0. The fourth-order valence-electron chi connectivity index (χ4n) is 4.16. The predicted molar refractivity (Wildman–Crippen MR) is 135 cm³/mol. The highest BCUT2D eigenvalue weighted by Crippen LogP contribution is 2.26. The minimum absolute atomic E-state index is 0.112. The van der Waals surface area contributed by atoms with Crippen molar-refractivity contribution in [3.8, 4) is 11.3 Å². The molecule has 0 atom stereocenters. The molecule has 1 fully saturated rings. The van der Waals surface area contributed by atoms with Gasteiger partial charge in [-0.2, -0.15) is 5.10 Å². The van der Waals surface area contributed by atoms with Crippen LogP contribution in [0.2, 0.25) is 0 Å². The van der Waals surface area contributed by atoms with Gasteiger partial charge in [0.25, 0.3) is 0 Å². The quantitative estimate of drug-likeness (QED) is 0.512. The van der Waals surface area contributed by atoms with E-state index in [4.69, 9.17) is 5.10 Å². The first-order valence-electron chi connectivity index (χ1n) is 11.9. The molecule has 0 bridgehead atoms. The number of carbonyl (C=O) groups is 2. The van der Waals surface area contributed by atoms with Crippen molar-refractivity contribution < 1.29 is 9.59 Å². The van der Waals surface area contributed by atoms with Gasteiger partial charge in [0.2, 0.25) is 11.8 Å². The SMILES string of the molecule is Cc1ccc(-c2nn(Cc3ccccc3)cc2/C=C/C(=O)NCCC(=O)N2CCCC2)cc1C. The number of hydrogen-bond acceptors (Lipinski definition) is 3. The lowest BCUT2D eigenvalue weighted by Gasteiger charge is -2.14. The topological polar surface area (TPSA) is 67.2 Å². The van der Waals surface area contributed by atoms with Crippen LogP contribution in [0.25, 0.3) is 17.3 Å². The molecule has 0 saturated carbocycles. The van der Waals surface area contributed by atoms with Crippen molar-refractivity contribution in [3.05, 3.63) is 83.1 Å². The second-order valence-corrected chi connectivity index (χ2v) is 8.88. The van der Waals surface area contributed by atoms with Crippen molar-refractivity contribution in [1.82, 2.24) is 20.0 Å². The lowest BCUT2D eigenvalue weighted by molar-refractivity contribution is -0.130. The Hall–Kier alpha value is -3.67. The predicted octanol–water partition coefficient (Wildman–Crippen LogP) is 4.36. The molecular formula is C28H32N4O2. The van der Waals surface area contributed by atoms with E-state index in [0.29, 0.717) is 19.5 Å². The first kappa shape index (κ1) is 23.5. The molecule has 4 rings (SSSR count). The molecule has 1 saturated heterocycles. The molecule has 6 nitrogen and oxygen atoms in total. The van der Waals surface area contributed by atoms with Crippen LogP contribution in [0.4, 0.5) is 0 Å². The molecule has 176 valence electrons. The first-order chi connectivity index (χ1) is 16.5. The fourth-order valence-corrected chi connectivity index (χ4v) is 4.16. The summed E-state index contributed by atoms with van der Waals surface area (Å²) < 4.78 is 1.91. The van der Waals surface area contributed by atoms with Gasteiger partial charge in [-0.05, 0) is 55.5 Å². The Labute approximate surface area is 201 Å². The van der Waals surface area contributed by atoms with E-state index in [1.165, 1.54) is 17.2 Å². The summed E-state index contributed by atoms with van der Waals surface area (Å²) in [4.78, 5) is 26.4. The number of amides is 2. The third kappa shape index (κ3) is 6.01. The summed E-state index contributed by atoms with van der Waals surface area (Å²) in [7, 11) is 0. The smallest absolute Gasteiger partial charge is 0.244 e. The summed E-state index contributed by atoms with van der Waals surface area (Å²) in [6, 6.07) is 16.5. The number of carbonyl (C=O) groups excluding carboxylic acids is 2. The molecular weight excluding hydrogens is 424 g/mol. The molecule has 1 aliphatic rings. The Morgan fingerprint density at radius 1 is 1.03 bits per heavy atom. The van der Waals surface area contributed by atoms with Gasteiger partial charge >= 0.3 is 0 Å². The number of nitrogens with zero attached hydrogens (tertiary/aromatic N) is 3. The number of hydrogen-bond donors (Lipinski definition) is 1. The van der Waals surface area contributed by atoms with E-state index in [1.54, 1.807) is 6.08 Å². The molecule has 0 spiro atoms. The Morgan fingerprint density at radius 2 is 1.79 bits per heavy atom. The standard InChI is InChI=1S/C28H32N4O2/c1-21-10-11-24(18-22(21)2)28-25(20-32(30-28)19-23-8-4-3-5-9-23)12-13-26(33)29-15-14-27(34)31-16-6-7-17-31/h3-5,8-13,18,20H,6-7,14-17,19H2,1-2H3,(H,29,33)/b13-12+. The summed E-state index contributed by atoms with van der Waals surface area (Å²) in [5.41, 5.74) is 6.33. The third-order valence-electron chi connectivity index (χ3n) is 6.27. The average molecular weight is 457 g/mol. The molecule has 2 aromatic carbocycles. The van der Waals surface area contributed by atoms with E-state index in [1.807, 2.05) is 34.0 Å². The van der Waals surface area contributed by atoms with Crippen molar-refractivity contribution in [3.63, 3.8) is 0 Å². The van der Waals surface area contributed by atoms with Gasteiger partial charge < -0.3 is 10.2 Å². The monoisotopic (exact) mass is 456 g/mol. The van der Waals surface area contributed by atoms with Crippen LogP contribution in [0, 0.1) is 13.8 Å².